The van der Waals surface area contributed by atoms with Crippen LogP contribution in [0.4, 0.5) is 14.5 Å². The Balaban J connectivity index is 1.83. The fourth-order valence-corrected chi connectivity index (χ4v) is 2.78. The standard InChI is InChI=1S/C21H17F2NO/c22-17-11-12-19(23)20(13-17)24-21(25)14-18(15-7-3-1-4-8-15)16-9-5-2-6-10-16/h1-13,18H,14H2,(H,24,25). The summed E-state index contributed by atoms with van der Waals surface area (Å²) in [7, 11) is 0. The highest BCUT2D eigenvalue weighted by Crippen LogP contribution is 2.28. The second kappa shape index (κ2) is 7.71. The van der Waals surface area contributed by atoms with E-state index in [2.05, 4.69) is 5.32 Å². The highest BCUT2D eigenvalue weighted by Gasteiger charge is 2.19. The van der Waals surface area contributed by atoms with Crippen LogP contribution in [0.25, 0.3) is 0 Å². The van der Waals surface area contributed by atoms with Gasteiger partial charge in [0.25, 0.3) is 0 Å². The Morgan fingerprint density at radius 1 is 0.840 bits per heavy atom. The van der Waals surface area contributed by atoms with Crippen LogP contribution in [-0.2, 0) is 4.79 Å². The molecule has 0 radical (unpaired) electrons. The van der Waals surface area contributed by atoms with E-state index < -0.39 is 11.6 Å². The normalized spacial score (nSPS) is 10.7. The summed E-state index contributed by atoms with van der Waals surface area (Å²) in [5, 5.41) is 2.47. The molecule has 0 heterocycles. The second-order valence-corrected chi connectivity index (χ2v) is 5.75. The van der Waals surface area contributed by atoms with Crippen molar-refractivity contribution in [3.8, 4) is 0 Å². The first kappa shape index (κ1) is 16.8. The minimum atomic E-state index is -0.661. The zero-order valence-electron chi connectivity index (χ0n) is 13.5. The molecule has 0 spiro atoms. The molecule has 0 fully saturated rings. The van der Waals surface area contributed by atoms with Crippen molar-refractivity contribution in [2.75, 3.05) is 5.32 Å². The highest BCUT2D eigenvalue weighted by atomic mass is 19.1. The number of amides is 1. The van der Waals surface area contributed by atoms with Gasteiger partial charge in [-0.2, -0.15) is 0 Å². The number of halogens is 2. The molecule has 1 N–H and O–H groups in total. The third-order valence-corrected chi connectivity index (χ3v) is 4.00. The number of hydrogen-bond acceptors (Lipinski definition) is 1. The van der Waals surface area contributed by atoms with Crippen LogP contribution < -0.4 is 5.32 Å². The third kappa shape index (κ3) is 4.29. The van der Waals surface area contributed by atoms with E-state index in [1.807, 2.05) is 60.7 Å². The summed E-state index contributed by atoms with van der Waals surface area (Å²) in [6.07, 6.45) is 0.129. The highest BCUT2D eigenvalue weighted by molar-refractivity contribution is 5.91. The first-order valence-electron chi connectivity index (χ1n) is 7.98. The van der Waals surface area contributed by atoms with Crippen LogP contribution in [-0.4, -0.2) is 5.91 Å². The summed E-state index contributed by atoms with van der Waals surface area (Å²) in [6.45, 7) is 0. The summed E-state index contributed by atoms with van der Waals surface area (Å²) in [5.41, 5.74) is 1.83. The topological polar surface area (TPSA) is 29.1 Å². The minimum Gasteiger partial charge on any atom is -0.323 e. The van der Waals surface area contributed by atoms with E-state index in [0.29, 0.717) is 0 Å². The number of benzene rings is 3. The van der Waals surface area contributed by atoms with E-state index in [-0.39, 0.29) is 23.9 Å². The minimum absolute atomic E-state index is 0.129. The molecule has 0 aliphatic rings. The van der Waals surface area contributed by atoms with E-state index in [4.69, 9.17) is 0 Å². The van der Waals surface area contributed by atoms with E-state index >= 15 is 0 Å². The van der Waals surface area contributed by atoms with Gasteiger partial charge in [-0.3, -0.25) is 4.79 Å². The van der Waals surface area contributed by atoms with Crippen LogP contribution in [0.2, 0.25) is 0 Å². The number of anilines is 1. The number of carbonyl (C=O) groups excluding carboxylic acids is 1. The fourth-order valence-electron chi connectivity index (χ4n) is 2.78. The number of rotatable bonds is 5. The summed E-state index contributed by atoms with van der Waals surface area (Å²) < 4.78 is 27.0. The van der Waals surface area contributed by atoms with Crippen LogP contribution in [0.3, 0.4) is 0 Å². The first-order chi connectivity index (χ1) is 12.1. The largest absolute Gasteiger partial charge is 0.323 e. The Labute approximate surface area is 145 Å². The molecule has 3 rings (SSSR count). The van der Waals surface area contributed by atoms with Gasteiger partial charge in [-0.1, -0.05) is 60.7 Å². The maximum Gasteiger partial charge on any atom is 0.225 e. The molecule has 0 atom stereocenters. The molecule has 126 valence electrons. The number of nitrogens with one attached hydrogen (secondary N) is 1. The van der Waals surface area contributed by atoms with Gasteiger partial charge in [0.1, 0.15) is 11.6 Å². The van der Waals surface area contributed by atoms with Crippen LogP contribution in [0.1, 0.15) is 23.5 Å². The predicted molar refractivity (Wildman–Crippen MR) is 94.3 cm³/mol. The maximum atomic E-state index is 13.7. The molecule has 4 heteroatoms. The molecule has 25 heavy (non-hydrogen) atoms. The van der Waals surface area contributed by atoms with Gasteiger partial charge in [0.2, 0.25) is 5.91 Å². The molecular formula is C21H17F2NO. The fraction of sp³-hybridized carbons (Fsp3) is 0.0952. The van der Waals surface area contributed by atoms with Crippen molar-refractivity contribution in [1.82, 2.24) is 0 Å². The third-order valence-electron chi connectivity index (χ3n) is 4.00. The Hall–Kier alpha value is -3.01. The lowest BCUT2D eigenvalue weighted by atomic mass is 9.88. The van der Waals surface area contributed by atoms with Gasteiger partial charge in [-0.05, 0) is 23.3 Å². The van der Waals surface area contributed by atoms with Crippen molar-refractivity contribution >= 4 is 11.6 Å². The second-order valence-electron chi connectivity index (χ2n) is 5.75. The van der Waals surface area contributed by atoms with Crippen LogP contribution in [0.15, 0.2) is 78.9 Å². The van der Waals surface area contributed by atoms with Gasteiger partial charge < -0.3 is 5.32 Å². The van der Waals surface area contributed by atoms with Gasteiger partial charge in [-0.15, -0.1) is 0 Å². The van der Waals surface area contributed by atoms with Gasteiger partial charge in [0.05, 0.1) is 5.69 Å². The summed E-state index contributed by atoms with van der Waals surface area (Å²) in [6, 6.07) is 22.3. The van der Waals surface area contributed by atoms with Gasteiger partial charge >= 0.3 is 0 Å². The first-order valence-corrected chi connectivity index (χ1v) is 7.98. The molecule has 0 aliphatic heterocycles. The molecule has 3 aromatic rings. The Morgan fingerprint density at radius 2 is 1.40 bits per heavy atom. The van der Waals surface area contributed by atoms with Gasteiger partial charge in [0.15, 0.2) is 0 Å². The number of hydrogen-bond donors (Lipinski definition) is 1. The quantitative estimate of drug-likeness (QED) is 0.687. The molecule has 1 amide bonds. The molecule has 0 unspecified atom stereocenters. The number of carbonyl (C=O) groups is 1. The summed E-state index contributed by atoms with van der Waals surface area (Å²) >= 11 is 0. The zero-order chi connectivity index (χ0) is 17.6. The Kier molecular flexibility index (Phi) is 5.19. The molecule has 3 aromatic carbocycles. The maximum absolute atomic E-state index is 13.7. The van der Waals surface area contributed by atoms with Crippen LogP contribution >= 0.6 is 0 Å². The SMILES string of the molecule is O=C(CC(c1ccccc1)c1ccccc1)Nc1cc(F)ccc1F. The predicted octanol–water partition coefficient (Wildman–Crippen LogP) is 5.13. The van der Waals surface area contributed by atoms with Crippen molar-refractivity contribution in [2.45, 2.75) is 12.3 Å². The van der Waals surface area contributed by atoms with Crippen molar-refractivity contribution in [3.05, 3.63) is 102 Å². The molecule has 2 nitrogen and oxygen atoms in total. The van der Waals surface area contributed by atoms with Crippen molar-refractivity contribution in [2.24, 2.45) is 0 Å². The molecule has 0 aromatic heterocycles. The molecule has 0 saturated heterocycles. The molecular weight excluding hydrogens is 320 g/mol. The average molecular weight is 337 g/mol. The summed E-state index contributed by atoms with van der Waals surface area (Å²) in [5.74, 6) is -1.80. The molecule has 0 saturated carbocycles. The lowest BCUT2D eigenvalue weighted by molar-refractivity contribution is -0.116. The molecule has 0 bridgehead atoms. The zero-order valence-corrected chi connectivity index (χ0v) is 13.5. The van der Waals surface area contributed by atoms with E-state index in [9.17, 15) is 13.6 Å². The van der Waals surface area contributed by atoms with E-state index in [1.165, 1.54) is 0 Å². The summed E-state index contributed by atoms with van der Waals surface area (Å²) in [4.78, 5) is 12.4. The van der Waals surface area contributed by atoms with Crippen LogP contribution in [0, 0.1) is 11.6 Å². The van der Waals surface area contributed by atoms with Crippen molar-refractivity contribution in [3.63, 3.8) is 0 Å². The van der Waals surface area contributed by atoms with Gasteiger partial charge in [-0.25, -0.2) is 8.78 Å². The van der Waals surface area contributed by atoms with E-state index in [0.717, 1.165) is 29.3 Å². The van der Waals surface area contributed by atoms with Crippen molar-refractivity contribution < 1.29 is 13.6 Å². The Bertz CT molecular complexity index is 811. The smallest absolute Gasteiger partial charge is 0.225 e. The van der Waals surface area contributed by atoms with Crippen LogP contribution in [0.5, 0.6) is 0 Å². The van der Waals surface area contributed by atoms with E-state index in [1.54, 1.807) is 0 Å². The lowest BCUT2D eigenvalue weighted by Gasteiger charge is -2.18. The Morgan fingerprint density at radius 3 is 1.96 bits per heavy atom. The van der Waals surface area contributed by atoms with Crippen molar-refractivity contribution in [1.29, 1.82) is 0 Å². The molecule has 0 aliphatic carbocycles. The monoisotopic (exact) mass is 337 g/mol. The lowest BCUT2D eigenvalue weighted by Crippen LogP contribution is -2.17. The average Bonchev–Trinajstić information content (AvgIpc) is 2.64. The van der Waals surface area contributed by atoms with Gasteiger partial charge in [0, 0.05) is 18.4 Å².